The van der Waals surface area contributed by atoms with Gasteiger partial charge >= 0.3 is 0 Å². The molecule has 0 spiro atoms. The predicted octanol–water partition coefficient (Wildman–Crippen LogP) is 4.07. The van der Waals surface area contributed by atoms with Crippen LogP contribution in [-0.4, -0.2) is 20.4 Å². The third kappa shape index (κ3) is 4.65. The first kappa shape index (κ1) is 20.8. The number of carbonyl (C=O) groups is 1. The summed E-state index contributed by atoms with van der Waals surface area (Å²) in [5.41, 5.74) is 3.38. The summed E-state index contributed by atoms with van der Waals surface area (Å²) >= 11 is 0. The Morgan fingerprint density at radius 1 is 1.03 bits per heavy atom. The van der Waals surface area contributed by atoms with Gasteiger partial charge in [0.05, 0.1) is 10.9 Å². The topological polar surface area (TPSA) is 75.3 Å². The Kier molecular flexibility index (Phi) is 5.55. The molecule has 0 radical (unpaired) electrons. The Morgan fingerprint density at radius 3 is 2.43 bits per heavy atom. The Morgan fingerprint density at radius 2 is 1.73 bits per heavy atom. The number of sulfonamides is 1. The second-order valence-corrected chi connectivity index (χ2v) is 10.6. The van der Waals surface area contributed by atoms with Crippen LogP contribution in [0, 0.1) is 0 Å². The quantitative estimate of drug-likeness (QED) is 0.687. The van der Waals surface area contributed by atoms with Gasteiger partial charge in [0.1, 0.15) is 0 Å². The normalized spacial score (nSPS) is 20.7. The van der Waals surface area contributed by atoms with Gasteiger partial charge in [0.2, 0.25) is 15.9 Å². The second-order valence-electron chi connectivity index (χ2n) is 8.87. The SMILES string of the molecule is CC1(C)CCC(NC(=O)C=Cc2ccc(S(=O)(=O)NC3CC3)cc2)c2ccccc21. The molecule has 0 aliphatic heterocycles. The monoisotopic (exact) mass is 424 g/mol. The Balaban J connectivity index is 1.41. The van der Waals surface area contributed by atoms with E-state index in [1.807, 2.05) is 6.07 Å². The summed E-state index contributed by atoms with van der Waals surface area (Å²) in [7, 11) is -3.46. The molecule has 0 aromatic heterocycles. The van der Waals surface area contributed by atoms with Crippen LogP contribution in [0.1, 0.15) is 62.3 Å². The van der Waals surface area contributed by atoms with Gasteiger partial charge in [-0.25, -0.2) is 13.1 Å². The van der Waals surface area contributed by atoms with Gasteiger partial charge < -0.3 is 5.32 Å². The molecule has 1 fully saturated rings. The van der Waals surface area contributed by atoms with Crippen molar-refractivity contribution in [1.82, 2.24) is 10.0 Å². The van der Waals surface area contributed by atoms with Crippen LogP contribution >= 0.6 is 0 Å². The van der Waals surface area contributed by atoms with E-state index in [0.29, 0.717) is 0 Å². The Labute approximate surface area is 178 Å². The average Bonchev–Trinajstić information content (AvgIpc) is 3.52. The highest BCUT2D eigenvalue weighted by Crippen LogP contribution is 2.41. The first-order valence-electron chi connectivity index (χ1n) is 10.4. The third-order valence-corrected chi connectivity index (χ3v) is 7.49. The molecule has 158 valence electrons. The zero-order valence-electron chi connectivity index (χ0n) is 17.4. The number of benzene rings is 2. The van der Waals surface area contributed by atoms with Gasteiger partial charge in [-0.05, 0) is 66.0 Å². The summed E-state index contributed by atoms with van der Waals surface area (Å²) in [5.74, 6) is -0.151. The van der Waals surface area contributed by atoms with Crippen LogP contribution in [0.15, 0.2) is 59.5 Å². The van der Waals surface area contributed by atoms with E-state index in [1.54, 1.807) is 30.3 Å². The molecule has 1 saturated carbocycles. The Bertz CT molecular complexity index is 1070. The number of nitrogens with one attached hydrogen (secondary N) is 2. The number of hydrogen-bond acceptors (Lipinski definition) is 3. The van der Waals surface area contributed by atoms with Crippen molar-refractivity contribution in [3.8, 4) is 0 Å². The predicted molar refractivity (Wildman–Crippen MR) is 118 cm³/mol. The van der Waals surface area contributed by atoms with Gasteiger partial charge in [0.25, 0.3) is 0 Å². The van der Waals surface area contributed by atoms with Gasteiger partial charge in [0, 0.05) is 12.1 Å². The van der Waals surface area contributed by atoms with Crippen molar-refractivity contribution in [1.29, 1.82) is 0 Å². The van der Waals surface area contributed by atoms with Crippen LogP contribution in [-0.2, 0) is 20.2 Å². The van der Waals surface area contributed by atoms with Crippen molar-refractivity contribution in [2.45, 2.75) is 61.9 Å². The minimum atomic E-state index is -3.46. The summed E-state index contributed by atoms with van der Waals surface area (Å²) in [6.45, 7) is 4.49. The average molecular weight is 425 g/mol. The number of rotatable bonds is 6. The molecule has 1 unspecified atom stereocenters. The lowest BCUT2D eigenvalue weighted by molar-refractivity contribution is -0.117. The third-order valence-electron chi connectivity index (χ3n) is 5.96. The Hall–Kier alpha value is -2.44. The van der Waals surface area contributed by atoms with Crippen LogP contribution in [0.2, 0.25) is 0 Å². The van der Waals surface area contributed by atoms with Crippen molar-refractivity contribution in [3.05, 3.63) is 71.3 Å². The van der Waals surface area contributed by atoms with Crippen molar-refractivity contribution in [3.63, 3.8) is 0 Å². The zero-order chi connectivity index (χ0) is 21.4. The van der Waals surface area contributed by atoms with E-state index < -0.39 is 10.0 Å². The summed E-state index contributed by atoms with van der Waals surface area (Å²) in [6, 6.07) is 15.0. The number of amides is 1. The van der Waals surface area contributed by atoms with Gasteiger partial charge in [0.15, 0.2) is 0 Å². The maximum Gasteiger partial charge on any atom is 0.244 e. The van der Waals surface area contributed by atoms with E-state index in [1.165, 1.54) is 17.2 Å². The fraction of sp³-hybridized carbons (Fsp3) is 0.375. The summed E-state index contributed by atoms with van der Waals surface area (Å²) in [4.78, 5) is 12.8. The van der Waals surface area contributed by atoms with E-state index in [2.05, 4.69) is 42.1 Å². The minimum absolute atomic E-state index is 0.00684. The number of carbonyl (C=O) groups excluding carboxylic acids is 1. The maximum atomic E-state index is 12.5. The summed E-state index contributed by atoms with van der Waals surface area (Å²) in [5, 5.41) is 3.12. The molecule has 2 aliphatic rings. The standard InChI is InChI=1S/C24H28N2O3S/c1-24(2)16-15-22(20-5-3-4-6-21(20)24)25-23(27)14-9-17-7-12-19(13-8-17)30(28,29)26-18-10-11-18/h3-9,12-14,18,22,26H,10-11,15-16H2,1-2H3,(H,25,27). The molecular weight excluding hydrogens is 396 g/mol. The number of hydrogen-bond donors (Lipinski definition) is 2. The van der Waals surface area contributed by atoms with Crippen molar-refractivity contribution < 1.29 is 13.2 Å². The number of fused-ring (bicyclic) bond motifs is 1. The molecule has 2 aromatic carbocycles. The van der Waals surface area contributed by atoms with Crippen molar-refractivity contribution in [2.24, 2.45) is 0 Å². The molecule has 0 heterocycles. The van der Waals surface area contributed by atoms with Crippen LogP contribution < -0.4 is 10.0 Å². The van der Waals surface area contributed by atoms with Crippen molar-refractivity contribution in [2.75, 3.05) is 0 Å². The van der Waals surface area contributed by atoms with Gasteiger partial charge in [-0.1, -0.05) is 50.2 Å². The highest BCUT2D eigenvalue weighted by Gasteiger charge is 2.32. The molecule has 1 amide bonds. The van der Waals surface area contributed by atoms with E-state index in [9.17, 15) is 13.2 Å². The lowest BCUT2D eigenvalue weighted by Crippen LogP contribution is -2.34. The first-order chi connectivity index (χ1) is 14.2. The smallest absolute Gasteiger partial charge is 0.244 e. The van der Waals surface area contributed by atoms with Gasteiger partial charge in [-0.15, -0.1) is 0 Å². The lowest BCUT2D eigenvalue weighted by atomic mass is 9.71. The lowest BCUT2D eigenvalue weighted by Gasteiger charge is -2.37. The first-order valence-corrected chi connectivity index (χ1v) is 11.9. The molecule has 6 heteroatoms. The van der Waals surface area contributed by atoms with E-state index in [0.717, 1.165) is 31.2 Å². The van der Waals surface area contributed by atoms with Gasteiger partial charge in [-0.3, -0.25) is 4.79 Å². The van der Waals surface area contributed by atoms with E-state index >= 15 is 0 Å². The molecule has 2 N–H and O–H groups in total. The highest BCUT2D eigenvalue weighted by atomic mass is 32.2. The second kappa shape index (κ2) is 8.00. The molecule has 4 rings (SSSR count). The molecule has 2 aromatic rings. The van der Waals surface area contributed by atoms with Crippen LogP contribution in [0.5, 0.6) is 0 Å². The van der Waals surface area contributed by atoms with Crippen LogP contribution in [0.25, 0.3) is 6.08 Å². The summed E-state index contributed by atoms with van der Waals surface area (Å²) in [6.07, 6.45) is 6.94. The zero-order valence-corrected chi connectivity index (χ0v) is 18.2. The highest BCUT2D eigenvalue weighted by molar-refractivity contribution is 7.89. The van der Waals surface area contributed by atoms with E-state index in [4.69, 9.17) is 0 Å². The van der Waals surface area contributed by atoms with Crippen molar-refractivity contribution >= 4 is 22.0 Å². The van der Waals surface area contributed by atoms with E-state index in [-0.39, 0.29) is 28.3 Å². The molecule has 1 atom stereocenters. The molecule has 30 heavy (non-hydrogen) atoms. The molecule has 2 aliphatic carbocycles. The van der Waals surface area contributed by atoms with Crippen LogP contribution in [0.4, 0.5) is 0 Å². The fourth-order valence-electron chi connectivity index (χ4n) is 4.00. The largest absolute Gasteiger partial charge is 0.346 e. The molecule has 5 nitrogen and oxygen atoms in total. The summed E-state index contributed by atoms with van der Waals surface area (Å²) < 4.78 is 27.1. The van der Waals surface area contributed by atoms with Crippen LogP contribution in [0.3, 0.4) is 0 Å². The molecule has 0 saturated heterocycles. The maximum absolute atomic E-state index is 12.5. The van der Waals surface area contributed by atoms with Gasteiger partial charge in [-0.2, -0.15) is 0 Å². The fourth-order valence-corrected chi connectivity index (χ4v) is 5.31. The molecule has 0 bridgehead atoms. The molecular formula is C24H28N2O3S. The minimum Gasteiger partial charge on any atom is -0.346 e.